The Morgan fingerprint density at radius 2 is 1.66 bits per heavy atom. The predicted octanol–water partition coefficient (Wildman–Crippen LogP) is 6.02. The van der Waals surface area contributed by atoms with Crippen LogP contribution < -0.4 is 15.5 Å². The number of rotatable bonds is 4. The summed E-state index contributed by atoms with van der Waals surface area (Å²) in [7, 11) is 1.57. The van der Waals surface area contributed by atoms with Crippen LogP contribution in [-0.4, -0.2) is 13.0 Å². The average molecular weight is 428 g/mol. The summed E-state index contributed by atoms with van der Waals surface area (Å²) < 4.78 is 11.3. The highest BCUT2D eigenvalue weighted by molar-refractivity contribution is 6.05. The summed E-state index contributed by atoms with van der Waals surface area (Å²) in [5, 5.41) is 3.25. The number of anilines is 1. The molecule has 0 spiro atoms. The van der Waals surface area contributed by atoms with Crippen molar-refractivity contribution in [3.63, 3.8) is 0 Å². The van der Waals surface area contributed by atoms with E-state index >= 15 is 0 Å². The van der Waals surface area contributed by atoms with Gasteiger partial charge in [-0.3, -0.25) is 9.59 Å². The van der Waals surface area contributed by atoms with Crippen molar-refractivity contribution in [1.82, 2.24) is 0 Å². The third-order valence-corrected chi connectivity index (χ3v) is 5.37. The summed E-state index contributed by atoms with van der Waals surface area (Å²) in [5.74, 6) is 0.812. The molecule has 0 bridgehead atoms. The first-order chi connectivity index (χ1) is 15.3. The van der Waals surface area contributed by atoms with Gasteiger partial charge in [0.1, 0.15) is 17.1 Å². The fourth-order valence-electron chi connectivity index (χ4n) is 3.54. The number of carbonyl (C=O) groups is 1. The lowest BCUT2D eigenvalue weighted by molar-refractivity contribution is 0.102. The van der Waals surface area contributed by atoms with Gasteiger partial charge in [0.2, 0.25) is 0 Å². The van der Waals surface area contributed by atoms with E-state index in [-0.39, 0.29) is 16.8 Å². The lowest BCUT2D eigenvalue weighted by atomic mass is 9.87. The molecule has 0 saturated carbocycles. The minimum absolute atomic E-state index is 0.0179. The number of fused-ring (bicyclic) bond motifs is 1. The predicted molar refractivity (Wildman–Crippen MR) is 128 cm³/mol. The van der Waals surface area contributed by atoms with E-state index in [1.807, 2.05) is 48.5 Å². The van der Waals surface area contributed by atoms with Gasteiger partial charge in [0, 0.05) is 17.3 Å². The largest absolute Gasteiger partial charge is 0.496 e. The van der Waals surface area contributed by atoms with Crippen molar-refractivity contribution in [2.24, 2.45) is 0 Å². The van der Waals surface area contributed by atoms with Crippen LogP contribution in [0.2, 0.25) is 0 Å². The maximum Gasteiger partial charge on any atom is 0.255 e. The Labute approximate surface area is 186 Å². The molecule has 1 amide bonds. The molecule has 1 N–H and O–H groups in total. The van der Waals surface area contributed by atoms with Gasteiger partial charge in [-0.05, 0) is 53.4 Å². The zero-order chi connectivity index (χ0) is 22.9. The third kappa shape index (κ3) is 4.28. The second-order valence-electron chi connectivity index (χ2n) is 8.67. The van der Waals surface area contributed by atoms with Crippen molar-refractivity contribution in [2.45, 2.75) is 26.2 Å². The molecule has 0 fully saturated rings. The molecular weight excluding hydrogens is 402 g/mol. The zero-order valence-corrected chi connectivity index (χ0v) is 18.6. The van der Waals surface area contributed by atoms with E-state index in [9.17, 15) is 9.59 Å². The molecule has 0 radical (unpaired) electrons. The zero-order valence-electron chi connectivity index (χ0n) is 18.6. The number of carbonyl (C=O) groups excluding carboxylic acids is 1. The quantitative estimate of drug-likeness (QED) is 0.432. The number of ether oxygens (including phenoxy) is 1. The Balaban J connectivity index is 1.62. The van der Waals surface area contributed by atoms with E-state index in [1.165, 1.54) is 6.07 Å². The van der Waals surface area contributed by atoms with Crippen LogP contribution in [0.5, 0.6) is 5.75 Å². The SMILES string of the molecule is COc1ccccc1-c1cc(=O)c2cc(NC(=O)c3ccc(C(C)(C)C)cc3)ccc2o1. The molecule has 5 heteroatoms. The van der Waals surface area contributed by atoms with E-state index in [2.05, 4.69) is 26.1 Å². The monoisotopic (exact) mass is 427 g/mol. The first-order valence-electron chi connectivity index (χ1n) is 10.4. The van der Waals surface area contributed by atoms with E-state index in [0.717, 1.165) is 5.56 Å². The Morgan fingerprint density at radius 3 is 2.34 bits per heavy atom. The first-order valence-corrected chi connectivity index (χ1v) is 10.4. The van der Waals surface area contributed by atoms with Crippen molar-refractivity contribution in [2.75, 3.05) is 12.4 Å². The molecule has 5 nitrogen and oxygen atoms in total. The van der Waals surface area contributed by atoms with Crippen LogP contribution in [0, 0.1) is 0 Å². The van der Waals surface area contributed by atoms with Gasteiger partial charge < -0.3 is 14.5 Å². The molecule has 0 atom stereocenters. The Bertz CT molecular complexity index is 1340. The number of para-hydroxylation sites is 1. The summed E-state index contributed by atoms with van der Waals surface area (Å²) in [6.07, 6.45) is 0. The normalized spacial score (nSPS) is 11.4. The van der Waals surface area contributed by atoms with E-state index in [1.54, 1.807) is 25.3 Å². The third-order valence-electron chi connectivity index (χ3n) is 5.37. The Hall–Kier alpha value is -3.86. The van der Waals surface area contributed by atoms with Crippen LogP contribution >= 0.6 is 0 Å². The van der Waals surface area contributed by atoms with Gasteiger partial charge in [-0.15, -0.1) is 0 Å². The maximum atomic E-state index is 12.8. The number of hydrogen-bond donors (Lipinski definition) is 1. The molecule has 3 aromatic carbocycles. The fourth-order valence-corrected chi connectivity index (χ4v) is 3.54. The Kier molecular flexibility index (Phi) is 5.57. The second-order valence-corrected chi connectivity index (χ2v) is 8.67. The number of hydrogen-bond acceptors (Lipinski definition) is 4. The molecule has 0 aliphatic heterocycles. The topological polar surface area (TPSA) is 68.5 Å². The van der Waals surface area contributed by atoms with E-state index in [0.29, 0.717) is 39.3 Å². The summed E-state index contributed by atoms with van der Waals surface area (Å²) in [4.78, 5) is 25.5. The number of benzene rings is 3. The highest BCUT2D eigenvalue weighted by Gasteiger charge is 2.15. The molecule has 4 rings (SSSR count). The second kappa shape index (κ2) is 8.35. The van der Waals surface area contributed by atoms with E-state index in [4.69, 9.17) is 9.15 Å². The minimum Gasteiger partial charge on any atom is -0.496 e. The molecule has 1 heterocycles. The van der Waals surface area contributed by atoms with Crippen LogP contribution in [0.25, 0.3) is 22.3 Å². The maximum absolute atomic E-state index is 12.8. The molecule has 0 unspecified atom stereocenters. The van der Waals surface area contributed by atoms with Crippen LogP contribution in [0.1, 0.15) is 36.7 Å². The van der Waals surface area contributed by atoms with Gasteiger partial charge in [-0.2, -0.15) is 0 Å². The van der Waals surface area contributed by atoms with Gasteiger partial charge >= 0.3 is 0 Å². The van der Waals surface area contributed by atoms with Crippen LogP contribution in [0.4, 0.5) is 5.69 Å². The molecule has 32 heavy (non-hydrogen) atoms. The standard InChI is InChI=1S/C27H25NO4/c1-27(2,3)18-11-9-17(10-12-18)26(30)28-19-13-14-24-21(15-19)22(29)16-25(32-24)20-7-5-6-8-23(20)31-4/h5-16H,1-4H3,(H,28,30). The smallest absolute Gasteiger partial charge is 0.255 e. The van der Waals surface area contributed by atoms with Crippen molar-refractivity contribution >= 4 is 22.6 Å². The highest BCUT2D eigenvalue weighted by Crippen LogP contribution is 2.31. The summed E-state index contributed by atoms with van der Waals surface area (Å²) >= 11 is 0. The number of amides is 1. The van der Waals surface area contributed by atoms with Crippen molar-refractivity contribution in [1.29, 1.82) is 0 Å². The van der Waals surface area contributed by atoms with Crippen LogP contribution in [0.3, 0.4) is 0 Å². The summed E-state index contributed by atoms with van der Waals surface area (Å²) in [6.45, 7) is 6.38. The summed E-state index contributed by atoms with van der Waals surface area (Å²) in [5.41, 5.74) is 3.19. The molecule has 0 aliphatic carbocycles. The van der Waals surface area contributed by atoms with Crippen LogP contribution in [0.15, 0.2) is 82.0 Å². The lowest BCUT2D eigenvalue weighted by Crippen LogP contribution is -2.14. The molecule has 1 aromatic heterocycles. The minimum atomic E-state index is -0.236. The Morgan fingerprint density at radius 1 is 0.938 bits per heavy atom. The highest BCUT2D eigenvalue weighted by atomic mass is 16.5. The van der Waals surface area contributed by atoms with Gasteiger partial charge in [0.15, 0.2) is 5.43 Å². The molecule has 162 valence electrons. The van der Waals surface area contributed by atoms with Gasteiger partial charge in [0.25, 0.3) is 5.91 Å². The van der Waals surface area contributed by atoms with Gasteiger partial charge in [-0.25, -0.2) is 0 Å². The molecule has 4 aromatic rings. The van der Waals surface area contributed by atoms with Crippen molar-refractivity contribution < 1.29 is 13.9 Å². The average Bonchev–Trinajstić information content (AvgIpc) is 2.78. The molecule has 0 aliphatic rings. The van der Waals surface area contributed by atoms with Gasteiger partial charge in [0.05, 0.1) is 18.1 Å². The lowest BCUT2D eigenvalue weighted by Gasteiger charge is -2.19. The van der Waals surface area contributed by atoms with Crippen molar-refractivity contribution in [3.05, 3.63) is 94.1 Å². The fraction of sp³-hybridized carbons (Fsp3) is 0.185. The first kappa shape index (κ1) is 21.4. The number of methoxy groups -OCH3 is 1. The van der Waals surface area contributed by atoms with E-state index < -0.39 is 0 Å². The number of nitrogens with one attached hydrogen (secondary N) is 1. The molecule has 0 saturated heterocycles. The summed E-state index contributed by atoms with van der Waals surface area (Å²) in [6, 6.07) is 21.4. The van der Waals surface area contributed by atoms with Crippen molar-refractivity contribution in [3.8, 4) is 17.1 Å². The van der Waals surface area contributed by atoms with Gasteiger partial charge in [-0.1, -0.05) is 45.0 Å². The molecular formula is C27H25NO4. The van der Waals surface area contributed by atoms with Crippen LogP contribution in [-0.2, 0) is 5.41 Å².